The molecule has 2 rings (SSSR count). The second-order valence-electron chi connectivity index (χ2n) is 4.35. The molecule has 5 heteroatoms. The maximum Gasteiger partial charge on any atom is 0.534 e. The molecular formula is C15H15NO4. The summed E-state index contributed by atoms with van der Waals surface area (Å²) in [5.74, 6) is 0. The van der Waals surface area contributed by atoms with Crippen LogP contribution in [0.5, 0.6) is 0 Å². The number of aromatic nitrogens is 1. The lowest BCUT2D eigenvalue weighted by Gasteiger charge is -2.13. The summed E-state index contributed by atoms with van der Waals surface area (Å²) >= 11 is 0. The number of pyridine rings is 1. The number of hydrogen-bond donors (Lipinski definition) is 0. The van der Waals surface area contributed by atoms with Gasteiger partial charge in [-0.25, -0.2) is 4.79 Å². The zero-order valence-corrected chi connectivity index (χ0v) is 11.1. The van der Waals surface area contributed by atoms with E-state index in [1.165, 1.54) is 24.5 Å². The van der Waals surface area contributed by atoms with Gasteiger partial charge >= 0.3 is 6.16 Å². The van der Waals surface area contributed by atoms with Crippen molar-refractivity contribution in [2.24, 2.45) is 0 Å². The molecule has 0 bridgehead atoms. The third kappa shape index (κ3) is 4.28. The molecule has 5 nitrogen and oxygen atoms in total. The summed E-state index contributed by atoms with van der Waals surface area (Å²) in [4.78, 5) is 27.4. The largest absolute Gasteiger partial charge is 0.534 e. The van der Waals surface area contributed by atoms with Crippen molar-refractivity contribution in [1.29, 1.82) is 0 Å². The Bertz CT molecular complexity index is 601. The molecule has 0 aliphatic rings. The van der Waals surface area contributed by atoms with Gasteiger partial charge in [-0.2, -0.15) is 4.73 Å². The smallest absolute Gasteiger partial charge is 0.429 e. The van der Waals surface area contributed by atoms with Gasteiger partial charge in [-0.3, -0.25) is 4.79 Å². The molecule has 1 unspecified atom stereocenters. The first-order valence-electron chi connectivity index (χ1n) is 6.25. The highest BCUT2D eigenvalue weighted by atomic mass is 16.8. The summed E-state index contributed by atoms with van der Waals surface area (Å²) in [5.41, 5.74) is 0.923. The molecule has 0 spiro atoms. The molecular weight excluding hydrogens is 258 g/mol. The van der Waals surface area contributed by atoms with Gasteiger partial charge in [0.15, 0.2) is 5.43 Å². The minimum Gasteiger partial charge on any atom is -0.429 e. The van der Waals surface area contributed by atoms with Gasteiger partial charge < -0.3 is 9.57 Å². The summed E-state index contributed by atoms with van der Waals surface area (Å²) in [6, 6.07) is 12.3. The highest BCUT2D eigenvalue weighted by Crippen LogP contribution is 2.05. The van der Waals surface area contributed by atoms with Crippen LogP contribution < -0.4 is 10.3 Å². The lowest BCUT2D eigenvalue weighted by Crippen LogP contribution is -2.26. The number of nitrogens with zero attached hydrogens (tertiary/aromatic N) is 1. The fourth-order valence-electron chi connectivity index (χ4n) is 1.72. The summed E-state index contributed by atoms with van der Waals surface area (Å²) in [7, 11) is 0. The van der Waals surface area contributed by atoms with Crippen LogP contribution in [0.15, 0.2) is 59.7 Å². The van der Waals surface area contributed by atoms with Crippen LogP contribution in [-0.2, 0) is 11.2 Å². The summed E-state index contributed by atoms with van der Waals surface area (Å²) in [6.07, 6.45) is 2.21. The summed E-state index contributed by atoms with van der Waals surface area (Å²) < 4.78 is 6.25. The third-order valence-corrected chi connectivity index (χ3v) is 2.61. The molecule has 0 saturated heterocycles. The van der Waals surface area contributed by atoms with E-state index in [4.69, 9.17) is 9.57 Å². The number of ether oxygens (including phenoxy) is 1. The first-order valence-corrected chi connectivity index (χ1v) is 6.25. The number of benzene rings is 1. The van der Waals surface area contributed by atoms with E-state index in [-0.39, 0.29) is 11.5 Å². The van der Waals surface area contributed by atoms with Crippen molar-refractivity contribution in [1.82, 2.24) is 4.73 Å². The third-order valence-electron chi connectivity index (χ3n) is 2.61. The molecule has 2 aromatic rings. The molecule has 1 aromatic heterocycles. The Kier molecular flexibility index (Phi) is 4.55. The molecule has 104 valence electrons. The monoisotopic (exact) mass is 273 g/mol. The van der Waals surface area contributed by atoms with Gasteiger partial charge in [0.1, 0.15) is 6.10 Å². The van der Waals surface area contributed by atoms with Crippen LogP contribution >= 0.6 is 0 Å². The quantitative estimate of drug-likeness (QED) is 0.800. The van der Waals surface area contributed by atoms with Gasteiger partial charge in [0.25, 0.3) is 0 Å². The van der Waals surface area contributed by atoms with Crippen molar-refractivity contribution >= 4 is 6.16 Å². The molecule has 0 saturated carbocycles. The maximum atomic E-state index is 11.6. The van der Waals surface area contributed by atoms with Gasteiger partial charge in [0.2, 0.25) is 0 Å². The van der Waals surface area contributed by atoms with Gasteiger partial charge in [-0.1, -0.05) is 30.3 Å². The Morgan fingerprint density at radius 1 is 1.15 bits per heavy atom. The van der Waals surface area contributed by atoms with Crippen molar-refractivity contribution < 1.29 is 14.4 Å². The standard InChI is InChI=1S/C15H15NO4/c1-12(11-13-5-3-2-4-6-13)19-15(18)20-16-9-7-14(17)8-10-16/h2-10,12H,11H2,1H3. The minimum absolute atomic E-state index is 0.157. The molecule has 20 heavy (non-hydrogen) atoms. The van der Waals surface area contributed by atoms with Crippen molar-refractivity contribution in [2.75, 3.05) is 0 Å². The SMILES string of the molecule is CC(Cc1ccccc1)OC(=O)On1ccc(=O)cc1. The zero-order valence-electron chi connectivity index (χ0n) is 11.1. The van der Waals surface area contributed by atoms with Crippen LogP contribution in [0.25, 0.3) is 0 Å². The van der Waals surface area contributed by atoms with Gasteiger partial charge in [-0.15, -0.1) is 0 Å². The fraction of sp³-hybridized carbons (Fsp3) is 0.200. The van der Waals surface area contributed by atoms with Crippen LogP contribution in [0, 0.1) is 0 Å². The molecule has 0 N–H and O–H groups in total. The Morgan fingerprint density at radius 3 is 2.45 bits per heavy atom. The Balaban J connectivity index is 1.85. The van der Waals surface area contributed by atoms with E-state index in [2.05, 4.69) is 0 Å². The molecule has 0 radical (unpaired) electrons. The van der Waals surface area contributed by atoms with Crippen LogP contribution in [0.2, 0.25) is 0 Å². The highest BCUT2D eigenvalue weighted by molar-refractivity contribution is 5.60. The van der Waals surface area contributed by atoms with Gasteiger partial charge in [-0.05, 0) is 12.5 Å². The Hall–Kier alpha value is -2.56. The van der Waals surface area contributed by atoms with Crippen LogP contribution in [0.3, 0.4) is 0 Å². The average Bonchev–Trinajstić information content (AvgIpc) is 2.42. The number of rotatable bonds is 4. The van der Waals surface area contributed by atoms with Crippen LogP contribution in [0.4, 0.5) is 4.79 Å². The van der Waals surface area contributed by atoms with E-state index in [9.17, 15) is 9.59 Å². The van der Waals surface area contributed by atoms with Gasteiger partial charge in [0, 0.05) is 30.9 Å². The lowest BCUT2D eigenvalue weighted by atomic mass is 10.1. The predicted molar refractivity (Wildman–Crippen MR) is 73.4 cm³/mol. The van der Waals surface area contributed by atoms with E-state index < -0.39 is 6.16 Å². The average molecular weight is 273 g/mol. The molecule has 1 atom stereocenters. The first kappa shape index (κ1) is 13.9. The van der Waals surface area contributed by atoms with E-state index in [0.717, 1.165) is 10.3 Å². The van der Waals surface area contributed by atoms with Crippen molar-refractivity contribution in [3.63, 3.8) is 0 Å². The number of carbonyl (C=O) groups excluding carboxylic acids is 1. The first-order chi connectivity index (χ1) is 9.63. The van der Waals surface area contributed by atoms with E-state index in [1.54, 1.807) is 6.92 Å². The number of hydrogen-bond acceptors (Lipinski definition) is 4. The Morgan fingerprint density at radius 2 is 1.80 bits per heavy atom. The maximum absolute atomic E-state index is 11.6. The zero-order chi connectivity index (χ0) is 14.4. The molecule has 1 aromatic carbocycles. The lowest BCUT2D eigenvalue weighted by molar-refractivity contribution is 0.0233. The van der Waals surface area contributed by atoms with E-state index >= 15 is 0 Å². The Labute approximate surface area is 116 Å². The van der Waals surface area contributed by atoms with E-state index in [0.29, 0.717) is 6.42 Å². The van der Waals surface area contributed by atoms with E-state index in [1.807, 2.05) is 30.3 Å². The molecule has 0 fully saturated rings. The predicted octanol–water partition coefficient (Wildman–Crippen LogP) is 2.04. The minimum atomic E-state index is -0.808. The van der Waals surface area contributed by atoms with Gasteiger partial charge in [0.05, 0.1) is 0 Å². The topological polar surface area (TPSA) is 57.5 Å². The molecule has 1 heterocycles. The van der Waals surface area contributed by atoms with Crippen molar-refractivity contribution in [3.05, 3.63) is 70.6 Å². The molecule has 0 aliphatic heterocycles. The number of carbonyl (C=O) groups is 1. The summed E-state index contributed by atoms with van der Waals surface area (Å²) in [6.45, 7) is 1.79. The van der Waals surface area contributed by atoms with Crippen molar-refractivity contribution in [3.8, 4) is 0 Å². The summed E-state index contributed by atoms with van der Waals surface area (Å²) in [5, 5.41) is 0. The second kappa shape index (κ2) is 6.56. The second-order valence-corrected chi connectivity index (χ2v) is 4.35. The van der Waals surface area contributed by atoms with Crippen LogP contribution in [0.1, 0.15) is 12.5 Å². The van der Waals surface area contributed by atoms with Crippen molar-refractivity contribution in [2.45, 2.75) is 19.4 Å². The molecule has 0 amide bonds. The highest BCUT2D eigenvalue weighted by Gasteiger charge is 2.12. The van der Waals surface area contributed by atoms with Crippen LogP contribution in [-0.4, -0.2) is 17.0 Å². The fourth-order valence-corrected chi connectivity index (χ4v) is 1.72. The normalized spacial score (nSPS) is 11.7. The molecule has 0 aliphatic carbocycles.